The Kier molecular flexibility index (Phi) is 6.93. The average Bonchev–Trinajstić information content (AvgIpc) is 2.34. The molecule has 0 amide bonds. The summed E-state index contributed by atoms with van der Waals surface area (Å²) in [6.07, 6.45) is 2.03. The first-order valence-electron chi connectivity index (χ1n) is 5.62. The van der Waals surface area contributed by atoms with Crippen molar-refractivity contribution >= 4 is 12.4 Å². The zero-order valence-electron chi connectivity index (χ0n) is 11.0. The molecule has 0 saturated heterocycles. The molecule has 2 nitrogen and oxygen atoms in total. The first kappa shape index (κ1) is 14.4. The molecule has 0 bridgehead atoms. The van der Waals surface area contributed by atoms with Gasteiger partial charge in [0.05, 0.1) is 5.70 Å². The van der Waals surface area contributed by atoms with Crippen LogP contribution < -0.4 is 0 Å². The van der Waals surface area contributed by atoms with Crippen molar-refractivity contribution in [2.45, 2.75) is 27.7 Å². The summed E-state index contributed by atoms with van der Waals surface area (Å²) >= 11 is 0. The van der Waals surface area contributed by atoms with E-state index in [1.807, 2.05) is 33.9 Å². The minimum Gasteiger partial charge on any atom is -0.269 e. The van der Waals surface area contributed by atoms with Gasteiger partial charge in [0.1, 0.15) is 0 Å². The number of hydrogen-bond donors (Lipinski definition) is 0. The molecule has 0 spiro atoms. The molecule has 0 atom stereocenters. The summed E-state index contributed by atoms with van der Waals surface area (Å²) < 4.78 is 0. The van der Waals surface area contributed by atoms with Gasteiger partial charge in [0.25, 0.3) is 0 Å². The number of benzene rings is 1. The van der Waals surface area contributed by atoms with E-state index < -0.39 is 0 Å². The number of rotatable bonds is 3. The van der Waals surface area contributed by atoms with Crippen LogP contribution in [-0.4, -0.2) is 18.8 Å². The Balaban J connectivity index is 0.00000106. The van der Waals surface area contributed by atoms with Gasteiger partial charge in [-0.3, -0.25) is 5.01 Å². The zero-order valence-corrected chi connectivity index (χ0v) is 11.0. The Morgan fingerprint density at radius 2 is 1.75 bits per heavy atom. The van der Waals surface area contributed by atoms with E-state index in [4.69, 9.17) is 0 Å². The lowest BCUT2D eigenvalue weighted by Crippen LogP contribution is -2.08. The Bertz CT molecular complexity index is 336. The number of allylic oxidation sites excluding steroid dienone is 1. The molecule has 1 aromatic carbocycles. The maximum atomic E-state index is 3.87. The van der Waals surface area contributed by atoms with Crippen molar-refractivity contribution in [3.8, 4) is 0 Å². The molecule has 0 aliphatic heterocycles. The van der Waals surface area contributed by atoms with Crippen molar-refractivity contribution < 1.29 is 0 Å². The highest BCUT2D eigenvalue weighted by Gasteiger charge is 2.03. The van der Waals surface area contributed by atoms with Crippen LogP contribution in [0.3, 0.4) is 0 Å². The molecule has 1 rings (SSSR count). The minimum absolute atomic E-state index is 1.07. The normalized spacial score (nSPS) is 10.2. The number of hydrazone groups is 1. The molecule has 0 heterocycles. The average molecular weight is 218 g/mol. The van der Waals surface area contributed by atoms with Gasteiger partial charge in [-0.15, -0.1) is 0 Å². The van der Waals surface area contributed by atoms with E-state index in [2.05, 4.69) is 43.0 Å². The van der Waals surface area contributed by atoms with E-state index in [1.165, 1.54) is 5.56 Å². The fraction of sp³-hybridized carbons (Fsp3) is 0.357. The van der Waals surface area contributed by atoms with Crippen LogP contribution in [-0.2, 0) is 0 Å². The predicted molar refractivity (Wildman–Crippen MR) is 73.5 cm³/mol. The van der Waals surface area contributed by atoms with Gasteiger partial charge in [-0.05, 0) is 19.4 Å². The summed E-state index contributed by atoms with van der Waals surface area (Å²) in [7, 11) is 1.89. The van der Waals surface area contributed by atoms with Gasteiger partial charge in [0.2, 0.25) is 0 Å². The van der Waals surface area contributed by atoms with E-state index in [0.29, 0.717) is 0 Å². The quantitative estimate of drug-likeness (QED) is 0.554. The smallest absolute Gasteiger partial charge is 0.0620 e. The van der Waals surface area contributed by atoms with Crippen LogP contribution in [0.2, 0.25) is 0 Å². The van der Waals surface area contributed by atoms with Crippen LogP contribution in [0.15, 0.2) is 35.4 Å². The topological polar surface area (TPSA) is 15.6 Å². The van der Waals surface area contributed by atoms with Gasteiger partial charge in [-0.2, -0.15) is 5.10 Å². The summed E-state index contributed by atoms with van der Waals surface area (Å²) in [5.41, 5.74) is 3.49. The molecule has 16 heavy (non-hydrogen) atoms. The van der Waals surface area contributed by atoms with Crippen molar-refractivity contribution in [3.05, 3.63) is 41.5 Å². The van der Waals surface area contributed by atoms with Crippen molar-refractivity contribution in [2.75, 3.05) is 7.05 Å². The van der Waals surface area contributed by atoms with Crippen LogP contribution in [0.1, 0.15) is 31.9 Å². The lowest BCUT2D eigenvalue weighted by atomic mass is 10.1. The highest BCUT2D eigenvalue weighted by atomic mass is 15.4. The second-order valence-electron chi connectivity index (χ2n) is 3.20. The molecular formula is C14H22N2. The Morgan fingerprint density at radius 3 is 2.12 bits per heavy atom. The van der Waals surface area contributed by atoms with Crippen molar-refractivity contribution in [1.82, 2.24) is 5.01 Å². The van der Waals surface area contributed by atoms with Crippen LogP contribution in [0.5, 0.6) is 0 Å². The van der Waals surface area contributed by atoms with Gasteiger partial charge in [0.15, 0.2) is 0 Å². The third-order valence-electron chi connectivity index (χ3n) is 2.18. The lowest BCUT2D eigenvalue weighted by molar-refractivity contribution is 0.521. The predicted octanol–water partition coefficient (Wildman–Crippen LogP) is 3.93. The highest BCUT2D eigenvalue weighted by Crippen LogP contribution is 2.18. The third-order valence-corrected chi connectivity index (χ3v) is 2.18. The lowest BCUT2D eigenvalue weighted by Gasteiger charge is -2.16. The molecule has 0 aliphatic rings. The van der Waals surface area contributed by atoms with E-state index in [9.17, 15) is 0 Å². The number of nitrogens with zero attached hydrogens (tertiary/aromatic N) is 2. The summed E-state index contributed by atoms with van der Waals surface area (Å²) in [6, 6.07) is 8.37. The Labute approximate surface area is 99.3 Å². The third kappa shape index (κ3) is 3.89. The van der Waals surface area contributed by atoms with E-state index in [-0.39, 0.29) is 0 Å². The Hall–Kier alpha value is -1.57. The largest absolute Gasteiger partial charge is 0.269 e. The number of hydrogen-bond acceptors (Lipinski definition) is 2. The molecule has 0 radical (unpaired) electrons. The summed E-state index contributed by atoms with van der Waals surface area (Å²) in [5, 5.41) is 5.64. The molecule has 88 valence electrons. The second-order valence-corrected chi connectivity index (χ2v) is 3.20. The van der Waals surface area contributed by atoms with Gasteiger partial charge in [-0.1, -0.05) is 49.8 Å². The highest BCUT2D eigenvalue weighted by molar-refractivity contribution is 5.63. The summed E-state index contributed by atoms with van der Waals surface area (Å²) in [6.45, 7) is 11.6. The molecule has 0 N–H and O–H groups in total. The maximum Gasteiger partial charge on any atom is 0.0620 e. The maximum absolute atomic E-state index is 3.87. The Morgan fingerprint density at radius 1 is 1.25 bits per heavy atom. The summed E-state index contributed by atoms with van der Waals surface area (Å²) in [5.74, 6) is 0. The van der Waals surface area contributed by atoms with Crippen LogP contribution >= 0.6 is 0 Å². The molecule has 0 saturated carbocycles. The molecule has 0 fully saturated rings. The first-order valence-corrected chi connectivity index (χ1v) is 5.62. The van der Waals surface area contributed by atoms with E-state index in [1.54, 1.807) is 5.01 Å². The fourth-order valence-corrected chi connectivity index (χ4v) is 1.34. The van der Waals surface area contributed by atoms with Gasteiger partial charge in [0, 0.05) is 13.8 Å². The fourth-order valence-electron chi connectivity index (χ4n) is 1.34. The molecule has 0 aliphatic carbocycles. The van der Waals surface area contributed by atoms with Crippen molar-refractivity contribution in [3.63, 3.8) is 0 Å². The zero-order chi connectivity index (χ0) is 12.6. The van der Waals surface area contributed by atoms with Crippen LogP contribution in [0, 0.1) is 6.92 Å². The first-order chi connectivity index (χ1) is 7.69. The minimum atomic E-state index is 1.07. The van der Waals surface area contributed by atoms with Gasteiger partial charge in [-0.25, -0.2) is 0 Å². The van der Waals surface area contributed by atoms with Crippen LogP contribution in [0.25, 0.3) is 5.70 Å². The monoisotopic (exact) mass is 218 g/mol. The molecule has 1 aromatic rings. The summed E-state index contributed by atoms with van der Waals surface area (Å²) in [4.78, 5) is 0. The SMILES string of the molecule is C=NN(C)/C(=C\C)c1ccc(C)cc1.CC. The van der Waals surface area contributed by atoms with E-state index >= 15 is 0 Å². The molecular weight excluding hydrogens is 196 g/mol. The molecule has 0 aromatic heterocycles. The molecule has 2 heteroatoms. The standard InChI is InChI=1S/C12H16N2.C2H6/c1-5-12(14(4)13-3)11-8-6-10(2)7-9-11;1-2/h5-9H,3H2,1-2,4H3;1-2H3/b12-5-;. The number of aryl methyl sites for hydroxylation is 1. The van der Waals surface area contributed by atoms with Crippen molar-refractivity contribution in [2.24, 2.45) is 5.10 Å². The van der Waals surface area contributed by atoms with Gasteiger partial charge < -0.3 is 0 Å². The molecule has 0 unspecified atom stereocenters. The van der Waals surface area contributed by atoms with Gasteiger partial charge >= 0.3 is 0 Å². The van der Waals surface area contributed by atoms with Crippen LogP contribution in [0.4, 0.5) is 0 Å². The van der Waals surface area contributed by atoms with Crippen molar-refractivity contribution in [1.29, 1.82) is 0 Å². The second kappa shape index (κ2) is 7.69. The van der Waals surface area contributed by atoms with E-state index in [0.717, 1.165) is 11.3 Å².